The number of benzene rings is 1. The number of hydrogen-bond donors (Lipinski definition) is 0. The number of halogens is 1. The van der Waals surface area contributed by atoms with Gasteiger partial charge >= 0.3 is 5.97 Å². The molecule has 1 aromatic carbocycles. The summed E-state index contributed by atoms with van der Waals surface area (Å²) in [5, 5.41) is 0.538. The lowest BCUT2D eigenvalue weighted by Crippen LogP contribution is -2.44. The van der Waals surface area contributed by atoms with Crippen LogP contribution in [0.1, 0.15) is 42.5 Å². The molecule has 0 amide bonds. The van der Waals surface area contributed by atoms with Crippen molar-refractivity contribution in [2.45, 2.75) is 26.4 Å². The number of hydrogen-bond acceptors (Lipinski definition) is 6. The van der Waals surface area contributed by atoms with Gasteiger partial charge in [0.1, 0.15) is 5.60 Å². The lowest BCUT2D eigenvalue weighted by atomic mass is 10.1. The smallest absolute Gasteiger partial charge is 0.331 e. The van der Waals surface area contributed by atoms with E-state index in [-0.39, 0.29) is 5.78 Å². The number of pyridine rings is 1. The number of carbonyl (C=O) groups is 2. The van der Waals surface area contributed by atoms with Crippen molar-refractivity contribution in [3.05, 3.63) is 70.5 Å². The van der Waals surface area contributed by atoms with Gasteiger partial charge in [-0.2, -0.15) is 0 Å². The average molecular weight is 468 g/mol. The second-order valence-electron chi connectivity index (χ2n) is 9.04. The van der Waals surface area contributed by atoms with E-state index in [9.17, 15) is 9.59 Å². The summed E-state index contributed by atoms with van der Waals surface area (Å²) in [5.74, 6) is -0.582. The quantitative estimate of drug-likeness (QED) is 0.347. The molecule has 7 heteroatoms. The molecule has 2 heterocycles. The highest BCUT2D eigenvalue weighted by molar-refractivity contribution is 6.31. The molecule has 1 saturated heterocycles. The van der Waals surface area contributed by atoms with Crippen LogP contribution in [0.25, 0.3) is 12.2 Å². The Morgan fingerprint density at radius 1 is 1.00 bits per heavy atom. The summed E-state index contributed by atoms with van der Waals surface area (Å²) in [6.45, 7) is 9.18. The molecule has 1 aliphatic heterocycles. The first-order valence-electron chi connectivity index (χ1n) is 10.9. The largest absolute Gasteiger partial charge is 0.457 e. The van der Waals surface area contributed by atoms with Gasteiger partial charge in [-0.25, -0.2) is 9.78 Å². The first-order chi connectivity index (χ1) is 15.6. The second-order valence-corrected chi connectivity index (χ2v) is 9.48. The summed E-state index contributed by atoms with van der Waals surface area (Å²) in [4.78, 5) is 33.6. The number of piperazine rings is 1. The van der Waals surface area contributed by atoms with Gasteiger partial charge in [0.05, 0.1) is 11.4 Å². The predicted molar refractivity (Wildman–Crippen MR) is 134 cm³/mol. The highest BCUT2D eigenvalue weighted by Crippen LogP contribution is 2.24. The van der Waals surface area contributed by atoms with Crippen LogP contribution in [0.15, 0.2) is 48.6 Å². The van der Waals surface area contributed by atoms with Crippen molar-refractivity contribution >= 4 is 41.2 Å². The molecule has 0 unspecified atom stereocenters. The molecule has 0 bridgehead atoms. The van der Waals surface area contributed by atoms with Gasteiger partial charge in [0.15, 0.2) is 5.78 Å². The number of ketones is 1. The third kappa shape index (κ3) is 7.84. The SMILES string of the molecule is CN1CCN(c2cc(Cl)cc(C(=O)/C=C/c3cccc(/C=C/C(=O)OC(C)(C)C)n3)c2)CC1. The summed E-state index contributed by atoms with van der Waals surface area (Å²) >= 11 is 6.31. The Morgan fingerprint density at radius 3 is 2.27 bits per heavy atom. The third-order valence-electron chi connectivity index (χ3n) is 5.03. The van der Waals surface area contributed by atoms with Gasteiger partial charge in [-0.15, -0.1) is 0 Å². The van der Waals surface area contributed by atoms with E-state index < -0.39 is 11.6 Å². The number of likely N-dealkylation sites (N-methyl/N-ethyl adjacent to an activating group) is 1. The molecule has 33 heavy (non-hydrogen) atoms. The van der Waals surface area contributed by atoms with Crippen LogP contribution in [0.3, 0.4) is 0 Å². The van der Waals surface area contributed by atoms with Crippen molar-refractivity contribution < 1.29 is 14.3 Å². The Bertz CT molecular complexity index is 1060. The van der Waals surface area contributed by atoms with E-state index in [0.717, 1.165) is 31.9 Å². The summed E-state index contributed by atoms with van der Waals surface area (Å²) < 4.78 is 5.26. The van der Waals surface area contributed by atoms with Gasteiger partial charge in [0.2, 0.25) is 0 Å². The molecule has 0 spiro atoms. The molecule has 1 aromatic heterocycles. The lowest BCUT2D eigenvalue weighted by molar-refractivity contribution is -0.148. The maximum Gasteiger partial charge on any atom is 0.331 e. The van der Waals surface area contributed by atoms with Crippen LogP contribution in [0.2, 0.25) is 5.02 Å². The van der Waals surface area contributed by atoms with Gasteiger partial charge in [-0.1, -0.05) is 17.7 Å². The van der Waals surface area contributed by atoms with Crippen LogP contribution in [-0.2, 0) is 9.53 Å². The second kappa shape index (κ2) is 10.8. The van der Waals surface area contributed by atoms with Crippen molar-refractivity contribution in [3.63, 3.8) is 0 Å². The molecule has 0 atom stereocenters. The molecule has 0 aliphatic carbocycles. The molecule has 0 radical (unpaired) electrons. The van der Waals surface area contributed by atoms with E-state index in [1.54, 1.807) is 30.4 Å². The fraction of sp³-hybridized carbons (Fsp3) is 0.346. The van der Waals surface area contributed by atoms with Crippen LogP contribution >= 0.6 is 11.6 Å². The molecular weight excluding hydrogens is 438 g/mol. The summed E-state index contributed by atoms with van der Waals surface area (Å²) in [6, 6.07) is 10.9. The van der Waals surface area contributed by atoms with E-state index in [4.69, 9.17) is 16.3 Å². The topological polar surface area (TPSA) is 62.7 Å². The molecule has 2 aromatic rings. The highest BCUT2D eigenvalue weighted by Gasteiger charge is 2.16. The van der Waals surface area contributed by atoms with Gasteiger partial charge in [-0.05, 0) is 76.4 Å². The number of carbonyl (C=O) groups excluding carboxylic acids is 2. The van der Waals surface area contributed by atoms with Crippen molar-refractivity contribution in [1.82, 2.24) is 9.88 Å². The number of ether oxygens (including phenoxy) is 1. The van der Waals surface area contributed by atoms with Crippen molar-refractivity contribution in [1.29, 1.82) is 0 Å². The van der Waals surface area contributed by atoms with Crippen LogP contribution in [-0.4, -0.2) is 60.5 Å². The number of allylic oxidation sites excluding steroid dienone is 1. The number of rotatable bonds is 6. The van der Waals surface area contributed by atoms with E-state index in [1.807, 2.05) is 39.0 Å². The average Bonchev–Trinajstić information content (AvgIpc) is 2.75. The number of nitrogens with zero attached hydrogens (tertiary/aromatic N) is 3. The van der Waals surface area contributed by atoms with Crippen LogP contribution in [0.4, 0.5) is 5.69 Å². The fourth-order valence-electron chi connectivity index (χ4n) is 3.36. The van der Waals surface area contributed by atoms with Crippen molar-refractivity contribution in [2.24, 2.45) is 0 Å². The summed E-state index contributed by atoms with van der Waals surface area (Å²) in [7, 11) is 2.10. The molecular formula is C26H30ClN3O3. The molecule has 0 N–H and O–H groups in total. The predicted octanol–water partition coefficient (Wildman–Crippen LogP) is 4.74. The Morgan fingerprint density at radius 2 is 1.64 bits per heavy atom. The third-order valence-corrected chi connectivity index (χ3v) is 5.25. The molecule has 0 saturated carbocycles. The Kier molecular flexibility index (Phi) is 8.06. The van der Waals surface area contributed by atoms with Crippen LogP contribution in [0.5, 0.6) is 0 Å². The van der Waals surface area contributed by atoms with Gasteiger partial charge in [0.25, 0.3) is 0 Å². The number of anilines is 1. The van der Waals surface area contributed by atoms with E-state index in [0.29, 0.717) is 22.0 Å². The molecule has 6 nitrogen and oxygen atoms in total. The van der Waals surface area contributed by atoms with E-state index in [1.165, 1.54) is 12.2 Å². The normalized spacial score (nSPS) is 15.4. The van der Waals surface area contributed by atoms with Gasteiger partial charge in [0, 0.05) is 48.5 Å². The van der Waals surface area contributed by atoms with Crippen LogP contribution in [0, 0.1) is 0 Å². The number of aromatic nitrogens is 1. The minimum Gasteiger partial charge on any atom is -0.457 e. The summed E-state index contributed by atoms with van der Waals surface area (Å²) in [6.07, 6.45) is 6.08. The van der Waals surface area contributed by atoms with Crippen LogP contribution < -0.4 is 4.90 Å². The summed E-state index contributed by atoms with van der Waals surface area (Å²) in [5.41, 5.74) is 2.14. The van der Waals surface area contributed by atoms with Crippen molar-refractivity contribution in [3.8, 4) is 0 Å². The fourth-order valence-corrected chi connectivity index (χ4v) is 3.59. The Labute approximate surface area is 200 Å². The Balaban J connectivity index is 1.69. The maximum absolute atomic E-state index is 12.8. The maximum atomic E-state index is 12.8. The van der Waals surface area contributed by atoms with E-state index >= 15 is 0 Å². The molecule has 1 aliphatic rings. The highest BCUT2D eigenvalue weighted by atomic mass is 35.5. The Hall–Kier alpha value is -2.96. The first-order valence-corrected chi connectivity index (χ1v) is 11.3. The zero-order chi connectivity index (χ0) is 24.0. The standard InChI is InChI=1S/C26H30ClN3O3/c1-26(2,3)33-25(32)11-9-22-7-5-6-21(28-22)8-10-24(31)19-16-20(27)18-23(17-19)30-14-12-29(4)13-15-30/h5-11,16-18H,12-15H2,1-4H3/b10-8+,11-9+. The monoisotopic (exact) mass is 467 g/mol. The van der Waals surface area contributed by atoms with Gasteiger partial charge < -0.3 is 14.5 Å². The minimum absolute atomic E-state index is 0.149. The van der Waals surface area contributed by atoms with E-state index in [2.05, 4.69) is 21.8 Å². The molecule has 1 fully saturated rings. The zero-order valence-electron chi connectivity index (χ0n) is 19.5. The first kappa shape index (κ1) is 24.7. The molecule has 174 valence electrons. The number of esters is 1. The zero-order valence-corrected chi connectivity index (χ0v) is 20.3. The van der Waals surface area contributed by atoms with Gasteiger partial charge in [-0.3, -0.25) is 4.79 Å². The minimum atomic E-state index is -0.551. The molecule has 3 rings (SSSR count). The lowest BCUT2D eigenvalue weighted by Gasteiger charge is -2.34. The van der Waals surface area contributed by atoms with Crippen molar-refractivity contribution in [2.75, 3.05) is 38.1 Å².